The van der Waals surface area contributed by atoms with Gasteiger partial charge in [-0.1, -0.05) is 12.1 Å². The molecule has 1 aromatic heterocycles. The Kier molecular flexibility index (Phi) is 3.94. The van der Waals surface area contributed by atoms with E-state index in [0.717, 1.165) is 18.8 Å². The van der Waals surface area contributed by atoms with Gasteiger partial charge in [0.25, 0.3) is 0 Å². The van der Waals surface area contributed by atoms with Gasteiger partial charge < -0.3 is 15.0 Å². The van der Waals surface area contributed by atoms with Gasteiger partial charge in [-0.25, -0.2) is 9.37 Å². The number of nitrogens with one attached hydrogen (secondary N) is 1. The second-order valence-corrected chi connectivity index (χ2v) is 4.13. The number of hydrogen-bond donors (Lipinski definition) is 2. The van der Waals surface area contributed by atoms with E-state index in [1.54, 1.807) is 18.3 Å². The summed E-state index contributed by atoms with van der Waals surface area (Å²) in [7, 11) is 1.95. The first-order valence-electron chi connectivity index (χ1n) is 5.81. The highest BCUT2D eigenvalue weighted by atomic mass is 19.1. The summed E-state index contributed by atoms with van der Waals surface area (Å²) in [5.74, 6) is 0.131. The molecule has 0 fully saturated rings. The lowest BCUT2D eigenvalue weighted by atomic mass is 10.2. The molecule has 0 aliphatic heterocycles. The number of rotatable bonds is 5. The predicted molar refractivity (Wildman–Crippen MR) is 66.7 cm³/mol. The van der Waals surface area contributed by atoms with Crippen LogP contribution in [0.2, 0.25) is 0 Å². The summed E-state index contributed by atoms with van der Waals surface area (Å²) in [6.07, 6.45) is 4.45. The quantitative estimate of drug-likeness (QED) is 0.791. The number of imidazole rings is 1. The normalized spacial score (nSPS) is 10.8. The molecule has 0 radical (unpaired) electrons. The molecule has 0 saturated carbocycles. The molecule has 2 rings (SSSR count). The van der Waals surface area contributed by atoms with Crippen LogP contribution in [0.5, 0.6) is 5.75 Å². The second kappa shape index (κ2) is 5.64. The Balaban J connectivity index is 1.82. The van der Waals surface area contributed by atoms with Gasteiger partial charge in [0.1, 0.15) is 5.82 Å². The van der Waals surface area contributed by atoms with E-state index in [9.17, 15) is 9.50 Å². The summed E-state index contributed by atoms with van der Waals surface area (Å²) in [6.45, 7) is 1.16. The molecule has 0 atom stereocenters. The van der Waals surface area contributed by atoms with Crippen molar-refractivity contribution >= 4 is 0 Å². The highest BCUT2D eigenvalue weighted by Gasteiger charge is 2.05. The summed E-state index contributed by atoms with van der Waals surface area (Å²) in [4.78, 5) is 4.21. The van der Waals surface area contributed by atoms with Crippen molar-refractivity contribution in [1.82, 2.24) is 14.9 Å². The molecule has 18 heavy (non-hydrogen) atoms. The fourth-order valence-corrected chi connectivity index (χ4v) is 1.76. The van der Waals surface area contributed by atoms with Crippen LogP contribution in [0.4, 0.5) is 4.39 Å². The van der Waals surface area contributed by atoms with Crippen molar-refractivity contribution < 1.29 is 9.50 Å². The Bertz CT molecular complexity index is 525. The summed E-state index contributed by atoms with van der Waals surface area (Å²) in [6, 6.07) is 4.53. The minimum absolute atomic E-state index is 0.276. The Morgan fingerprint density at radius 1 is 1.44 bits per heavy atom. The minimum atomic E-state index is -0.585. The molecule has 1 aromatic carbocycles. The van der Waals surface area contributed by atoms with Crippen molar-refractivity contribution in [1.29, 1.82) is 0 Å². The molecule has 0 aliphatic carbocycles. The first-order valence-corrected chi connectivity index (χ1v) is 5.81. The van der Waals surface area contributed by atoms with Gasteiger partial charge in [-0.15, -0.1) is 0 Å². The molecule has 0 amide bonds. The predicted octanol–water partition coefficient (Wildman–Crippen LogP) is 1.60. The molecule has 5 heteroatoms. The summed E-state index contributed by atoms with van der Waals surface area (Å²) < 4.78 is 15.0. The third kappa shape index (κ3) is 2.87. The zero-order valence-corrected chi connectivity index (χ0v) is 10.2. The third-order valence-electron chi connectivity index (χ3n) is 2.83. The van der Waals surface area contributed by atoms with E-state index in [4.69, 9.17) is 0 Å². The van der Waals surface area contributed by atoms with Crippen molar-refractivity contribution in [2.24, 2.45) is 7.05 Å². The summed E-state index contributed by atoms with van der Waals surface area (Å²) in [5.41, 5.74) is 0.565. The lowest BCUT2D eigenvalue weighted by molar-refractivity contribution is 0.423. The van der Waals surface area contributed by atoms with Crippen LogP contribution in [0, 0.1) is 5.82 Å². The first kappa shape index (κ1) is 12.6. The second-order valence-electron chi connectivity index (χ2n) is 4.13. The highest BCUT2D eigenvalue weighted by molar-refractivity contribution is 5.33. The monoisotopic (exact) mass is 249 g/mol. The number of aryl methyl sites for hydroxylation is 1. The summed E-state index contributed by atoms with van der Waals surface area (Å²) in [5, 5.41) is 12.6. The van der Waals surface area contributed by atoms with Crippen molar-refractivity contribution in [2.75, 3.05) is 6.54 Å². The molecule has 0 unspecified atom stereocenters. The van der Waals surface area contributed by atoms with Gasteiger partial charge in [-0.3, -0.25) is 0 Å². The Hall–Kier alpha value is -1.88. The largest absolute Gasteiger partial charge is 0.505 e. The van der Waals surface area contributed by atoms with Gasteiger partial charge in [0.15, 0.2) is 11.6 Å². The molecule has 2 aromatic rings. The number of hydrogen-bond acceptors (Lipinski definition) is 3. The van der Waals surface area contributed by atoms with Crippen molar-refractivity contribution in [3.63, 3.8) is 0 Å². The maximum Gasteiger partial charge on any atom is 0.165 e. The molecule has 2 N–H and O–H groups in total. The molecule has 0 aliphatic rings. The molecular weight excluding hydrogens is 233 g/mol. The van der Waals surface area contributed by atoms with Crippen LogP contribution in [0.3, 0.4) is 0 Å². The van der Waals surface area contributed by atoms with Crippen LogP contribution < -0.4 is 5.32 Å². The van der Waals surface area contributed by atoms with Crippen LogP contribution in [0.1, 0.15) is 11.4 Å². The van der Waals surface area contributed by atoms with Crippen LogP contribution in [0.25, 0.3) is 0 Å². The zero-order valence-electron chi connectivity index (χ0n) is 10.2. The minimum Gasteiger partial charge on any atom is -0.505 e. The number of halogens is 1. The SMILES string of the molecule is Cn1ccnc1CCNCc1cccc(F)c1O. The molecular formula is C13H16FN3O. The fourth-order valence-electron chi connectivity index (χ4n) is 1.76. The van der Waals surface area contributed by atoms with Gasteiger partial charge in [0, 0.05) is 44.5 Å². The molecule has 1 heterocycles. The van der Waals surface area contributed by atoms with Crippen LogP contribution >= 0.6 is 0 Å². The lowest BCUT2D eigenvalue weighted by Gasteiger charge is -2.07. The van der Waals surface area contributed by atoms with Crippen LogP contribution in [-0.2, 0) is 20.0 Å². The third-order valence-corrected chi connectivity index (χ3v) is 2.83. The van der Waals surface area contributed by atoms with E-state index in [1.807, 2.05) is 17.8 Å². The standard InChI is InChI=1S/C13H16FN3O/c1-17-8-7-16-12(17)5-6-15-9-10-3-2-4-11(14)13(10)18/h2-4,7-8,15,18H,5-6,9H2,1H3. The van der Waals surface area contributed by atoms with E-state index in [1.165, 1.54) is 6.07 Å². The number of aromatic nitrogens is 2. The maximum absolute atomic E-state index is 13.1. The smallest absolute Gasteiger partial charge is 0.165 e. The van der Waals surface area contributed by atoms with Crippen LogP contribution in [0.15, 0.2) is 30.6 Å². The van der Waals surface area contributed by atoms with E-state index in [2.05, 4.69) is 10.3 Å². The van der Waals surface area contributed by atoms with E-state index < -0.39 is 5.82 Å². The molecule has 96 valence electrons. The highest BCUT2D eigenvalue weighted by Crippen LogP contribution is 2.20. The van der Waals surface area contributed by atoms with E-state index in [0.29, 0.717) is 12.1 Å². The molecule has 4 nitrogen and oxygen atoms in total. The molecule has 0 spiro atoms. The number of aromatic hydroxyl groups is 1. The van der Waals surface area contributed by atoms with Crippen molar-refractivity contribution in [3.8, 4) is 5.75 Å². The summed E-state index contributed by atoms with van der Waals surface area (Å²) >= 11 is 0. The molecule has 0 bridgehead atoms. The van der Waals surface area contributed by atoms with Gasteiger partial charge in [0.05, 0.1) is 0 Å². The van der Waals surface area contributed by atoms with Gasteiger partial charge in [0.2, 0.25) is 0 Å². The average molecular weight is 249 g/mol. The van der Waals surface area contributed by atoms with Gasteiger partial charge in [-0.05, 0) is 6.07 Å². The zero-order chi connectivity index (χ0) is 13.0. The number of benzene rings is 1. The number of phenols is 1. The maximum atomic E-state index is 13.1. The van der Waals surface area contributed by atoms with Crippen molar-refractivity contribution in [3.05, 3.63) is 47.8 Å². The fraction of sp³-hybridized carbons (Fsp3) is 0.308. The topological polar surface area (TPSA) is 50.1 Å². The lowest BCUT2D eigenvalue weighted by Crippen LogP contribution is -2.18. The number of nitrogens with zero attached hydrogens (tertiary/aromatic N) is 2. The van der Waals surface area contributed by atoms with E-state index in [-0.39, 0.29) is 5.75 Å². The number of para-hydroxylation sites is 1. The van der Waals surface area contributed by atoms with Crippen molar-refractivity contribution in [2.45, 2.75) is 13.0 Å². The Morgan fingerprint density at radius 2 is 2.28 bits per heavy atom. The van der Waals surface area contributed by atoms with Gasteiger partial charge >= 0.3 is 0 Å². The van der Waals surface area contributed by atoms with E-state index >= 15 is 0 Å². The van der Waals surface area contributed by atoms with Gasteiger partial charge in [-0.2, -0.15) is 0 Å². The Labute approximate surface area is 105 Å². The average Bonchev–Trinajstić information content (AvgIpc) is 2.76. The first-order chi connectivity index (χ1) is 8.68. The molecule has 0 saturated heterocycles. The Morgan fingerprint density at radius 3 is 3.00 bits per heavy atom. The number of phenolic OH excluding ortho intramolecular Hbond substituents is 1. The van der Waals surface area contributed by atoms with Crippen LogP contribution in [-0.4, -0.2) is 21.2 Å².